The maximum Gasteiger partial charge on any atom is 0.429 e. The largest absolute Gasteiger partial charge is 0.480 e. The molecule has 0 amide bonds. The molecule has 1 unspecified atom stereocenters. The number of halogens is 4. The lowest BCUT2D eigenvalue weighted by atomic mass is 9.76. The van der Waals surface area contributed by atoms with Crippen molar-refractivity contribution >= 4 is 40.4 Å². The van der Waals surface area contributed by atoms with Crippen molar-refractivity contribution < 1.29 is 27.8 Å². The summed E-state index contributed by atoms with van der Waals surface area (Å²) in [4.78, 5) is 28.8. The molecule has 2 fully saturated rings. The molecule has 5 N–H and O–H groups in total. The number of fused-ring (bicyclic) bond motifs is 1. The zero-order chi connectivity index (χ0) is 29.6. The number of aromatic nitrogens is 4. The van der Waals surface area contributed by atoms with Gasteiger partial charge in [-0.15, -0.1) is 0 Å². The minimum atomic E-state index is -4.82. The number of nitrogens with zero attached hydrogens (tertiary/aromatic N) is 4. The maximum atomic E-state index is 14.6. The van der Waals surface area contributed by atoms with Gasteiger partial charge in [0.2, 0.25) is 17.9 Å². The first-order valence-corrected chi connectivity index (χ1v) is 13.7. The summed E-state index contributed by atoms with van der Waals surface area (Å²) < 4.78 is 49.5. The number of ether oxygens (including phenoxy) is 1. The number of carboxylic acids is 1. The van der Waals surface area contributed by atoms with Gasteiger partial charge < -0.3 is 30.8 Å². The molecule has 2 aliphatic rings. The molecule has 4 heterocycles. The van der Waals surface area contributed by atoms with E-state index in [-0.39, 0.29) is 33.4 Å². The predicted molar refractivity (Wildman–Crippen MR) is 150 cm³/mol. The maximum absolute atomic E-state index is 14.6. The Morgan fingerprint density at radius 3 is 2.67 bits per heavy atom. The first-order valence-electron chi connectivity index (χ1n) is 13.3. The number of carbonyl (C=O) groups is 1. The highest BCUT2D eigenvalue weighted by Gasteiger charge is 2.46. The van der Waals surface area contributed by atoms with E-state index in [1.54, 1.807) is 18.2 Å². The Hall–Kier alpha value is -4.10. The fourth-order valence-electron chi connectivity index (χ4n) is 5.94. The molecule has 2 aromatic carbocycles. The number of nitrogen functional groups attached to an aromatic ring is 1. The molecule has 42 heavy (non-hydrogen) atoms. The number of anilines is 2. The molecule has 2 aliphatic heterocycles. The zero-order valence-corrected chi connectivity index (χ0v) is 22.9. The first-order chi connectivity index (χ1) is 20.0. The van der Waals surface area contributed by atoms with E-state index in [4.69, 9.17) is 22.1 Å². The second-order valence-electron chi connectivity index (χ2n) is 10.8. The molecule has 2 saturated heterocycles. The molecule has 1 spiro atoms. The monoisotopic (exact) mass is 601 g/mol. The molecule has 2 atom stereocenters. The second-order valence-corrected chi connectivity index (χ2v) is 11.2. The van der Waals surface area contributed by atoms with Gasteiger partial charge in [0, 0.05) is 41.9 Å². The summed E-state index contributed by atoms with van der Waals surface area (Å²) in [5.41, 5.74) is 7.44. The van der Waals surface area contributed by atoms with E-state index in [1.165, 1.54) is 30.6 Å². The summed E-state index contributed by atoms with van der Waals surface area (Å²) in [7, 11) is 0. The molecule has 220 valence electrons. The number of carboxylic acid groups (broad SMARTS) is 1. The number of hydrogen-bond donors (Lipinski definition) is 4. The summed E-state index contributed by atoms with van der Waals surface area (Å²) in [6.45, 7) is 1.66. The Kier molecular flexibility index (Phi) is 7.09. The molecule has 0 saturated carbocycles. The molecule has 0 radical (unpaired) electrons. The summed E-state index contributed by atoms with van der Waals surface area (Å²) in [5, 5.41) is 12.7. The molecule has 10 nitrogen and oxygen atoms in total. The van der Waals surface area contributed by atoms with Crippen molar-refractivity contribution in [2.24, 2.45) is 5.41 Å². The summed E-state index contributed by atoms with van der Waals surface area (Å²) in [6, 6.07) is 10.1. The van der Waals surface area contributed by atoms with Gasteiger partial charge in [0.25, 0.3) is 0 Å². The quantitative estimate of drug-likeness (QED) is 0.241. The third kappa shape index (κ3) is 5.41. The average molecular weight is 602 g/mol. The molecular formula is C28H27ClF3N7O3. The fraction of sp³-hybridized carbons (Fsp3) is 0.357. The number of nitrogens with two attached hydrogens (primary N) is 1. The van der Waals surface area contributed by atoms with Gasteiger partial charge in [-0.25, -0.2) is 4.98 Å². The van der Waals surface area contributed by atoms with Crippen LogP contribution >= 0.6 is 11.6 Å². The Labute approximate surface area is 243 Å². The lowest BCUT2D eigenvalue weighted by Gasteiger charge is -2.39. The van der Waals surface area contributed by atoms with E-state index in [2.05, 4.69) is 25.3 Å². The van der Waals surface area contributed by atoms with Gasteiger partial charge >= 0.3 is 12.1 Å². The number of nitrogens with one attached hydrogen (secondary N) is 2. The summed E-state index contributed by atoms with van der Waals surface area (Å²) in [5.74, 6) is -1.09. The normalized spacial score (nSPS) is 19.3. The van der Waals surface area contributed by atoms with Gasteiger partial charge in [0.15, 0.2) is 0 Å². The van der Waals surface area contributed by atoms with Gasteiger partial charge in [0.05, 0.1) is 17.4 Å². The zero-order valence-electron chi connectivity index (χ0n) is 22.2. The highest BCUT2D eigenvalue weighted by atomic mass is 35.5. The molecule has 0 aliphatic carbocycles. The van der Waals surface area contributed by atoms with Gasteiger partial charge in [0.1, 0.15) is 11.9 Å². The number of aromatic amines is 1. The first kappa shape index (κ1) is 28.0. The Morgan fingerprint density at radius 1 is 1.17 bits per heavy atom. The molecule has 0 bridgehead atoms. The Morgan fingerprint density at radius 2 is 1.95 bits per heavy atom. The van der Waals surface area contributed by atoms with E-state index in [1.807, 2.05) is 4.90 Å². The van der Waals surface area contributed by atoms with Crippen molar-refractivity contribution in [2.45, 2.75) is 37.6 Å². The van der Waals surface area contributed by atoms with Gasteiger partial charge in [-0.2, -0.15) is 23.1 Å². The lowest BCUT2D eigenvalue weighted by molar-refractivity contribution is -0.198. The SMILES string of the molecule is Nc1nc(OC(c2ccc(Cl)cc2-c2cccc3[nH]cnc23)C(F)(F)F)cc(N2CCC3(CC2)CN[C@H](C(=O)O)C3)n1. The van der Waals surface area contributed by atoms with Crippen LogP contribution in [0.15, 0.2) is 48.8 Å². The van der Waals surface area contributed by atoms with Crippen molar-refractivity contribution in [3.8, 4) is 17.0 Å². The minimum Gasteiger partial charge on any atom is -0.480 e. The lowest BCUT2D eigenvalue weighted by Crippen LogP contribution is -2.41. The van der Waals surface area contributed by atoms with Crippen LogP contribution in [0.3, 0.4) is 0 Å². The number of hydrogen-bond acceptors (Lipinski definition) is 8. The van der Waals surface area contributed by atoms with Gasteiger partial charge in [-0.3, -0.25) is 4.79 Å². The number of piperidine rings is 1. The molecule has 6 rings (SSSR count). The number of rotatable bonds is 6. The minimum absolute atomic E-state index is 0.152. The van der Waals surface area contributed by atoms with Crippen molar-refractivity contribution in [1.29, 1.82) is 0 Å². The van der Waals surface area contributed by atoms with Crippen LogP contribution in [0.2, 0.25) is 5.02 Å². The molecule has 14 heteroatoms. The van der Waals surface area contributed by atoms with Crippen LogP contribution in [0, 0.1) is 5.41 Å². The van der Waals surface area contributed by atoms with E-state index < -0.39 is 24.3 Å². The Bertz CT molecular complexity index is 1640. The predicted octanol–water partition coefficient (Wildman–Crippen LogP) is 4.97. The van der Waals surface area contributed by atoms with Gasteiger partial charge in [-0.1, -0.05) is 29.8 Å². The van der Waals surface area contributed by atoms with Crippen LogP contribution in [-0.2, 0) is 4.79 Å². The third-order valence-electron chi connectivity index (χ3n) is 8.09. The van der Waals surface area contributed by atoms with Gasteiger partial charge in [-0.05, 0) is 48.4 Å². The average Bonchev–Trinajstić information content (AvgIpc) is 3.59. The van der Waals surface area contributed by atoms with Crippen molar-refractivity contribution in [3.05, 3.63) is 59.4 Å². The van der Waals surface area contributed by atoms with E-state index in [9.17, 15) is 23.1 Å². The van der Waals surface area contributed by atoms with E-state index in [0.29, 0.717) is 61.3 Å². The van der Waals surface area contributed by atoms with E-state index in [0.717, 1.165) is 0 Å². The highest BCUT2D eigenvalue weighted by Crippen LogP contribution is 2.44. The van der Waals surface area contributed by atoms with Crippen LogP contribution in [0.5, 0.6) is 5.88 Å². The topological polar surface area (TPSA) is 142 Å². The molecule has 2 aromatic heterocycles. The Balaban J connectivity index is 1.30. The highest BCUT2D eigenvalue weighted by molar-refractivity contribution is 6.31. The van der Waals surface area contributed by atoms with Crippen molar-refractivity contribution in [2.75, 3.05) is 30.3 Å². The third-order valence-corrected chi connectivity index (χ3v) is 8.32. The van der Waals surface area contributed by atoms with Crippen molar-refractivity contribution in [1.82, 2.24) is 25.3 Å². The fourth-order valence-corrected chi connectivity index (χ4v) is 6.11. The van der Waals surface area contributed by atoms with Crippen LogP contribution in [0.4, 0.5) is 24.9 Å². The van der Waals surface area contributed by atoms with Crippen LogP contribution < -0.4 is 20.7 Å². The molecule has 4 aromatic rings. The number of imidazole rings is 1. The van der Waals surface area contributed by atoms with Crippen molar-refractivity contribution in [3.63, 3.8) is 0 Å². The standard InChI is InChI=1S/C28H27ClF3N7O3/c29-15-4-5-17(18(10-15)16-2-1-3-19-23(16)36-14-35-19)24(28(30,31)32)42-22-11-21(37-26(33)38-22)39-8-6-27(7-9-39)12-20(25(40)41)34-13-27/h1-5,10-11,14,20,24,34H,6-9,12-13H2,(H,35,36)(H,40,41)(H2,33,37,38)/t20-,24?/m0/s1. The number of benzene rings is 2. The summed E-state index contributed by atoms with van der Waals surface area (Å²) >= 11 is 6.24. The van der Waals surface area contributed by atoms with Crippen LogP contribution in [0.25, 0.3) is 22.2 Å². The number of H-pyrrole nitrogens is 1. The van der Waals surface area contributed by atoms with Crippen LogP contribution in [-0.4, -0.2) is 62.9 Å². The number of alkyl halides is 3. The van der Waals surface area contributed by atoms with Crippen LogP contribution in [0.1, 0.15) is 30.9 Å². The number of aliphatic carboxylic acids is 1. The molecular weight excluding hydrogens is 575 g/mol. The summed E-state index contributed by atoms with van der Waals surface area (Å²) in [6.07, 6.45) is -3.83. The number of para-hydroxylation sites is 1. The second kappa shape index (κ2) is 10.6. The smallest absolute Gasteiger partial charge is 0.429 e. The van der Waals surface area contributed by atoms with E-state index >= 15 is 0 Å².